The molecule has 2 aliphatic rings. The molecule has 0 aromatic heterocycles. The highest BCUT2D eigenvalue weighted by molar-refractivity contribution is 6.42. The Bertz CT molecular complexity index is 1830. The lowest BCUT2D eigenvalue weighted by molar-refractivity contribution is -0.158. The Balaban J connectivity index is 1.30. The molecule has 4 amide bonds. The van der Waals surface area contributed by atoms with Crippen LogP contribution in [-0.2, 0) is 29.1 Å². The number of benzene rings is 4. The Morgan fingerprint density at radius 1 is 0.980 bits per heavy atom. The second kappa shape index (κ2) is 15.0. The van der Waals surface area contributed by atoms with Gasteiger partial charge in [-0.15, -0.1) is 0 Å². The second-order valence-corrected chi connectivity index (χ2v) is 13.3. The van der Waals surface area contributed by atoms with Crippen molar-refractivity contribution >= 4 is 51.8 Å². The smallest absolute Gasteiger partial charge is 0.332 e. The van der Waals surface area contributed by atoms with Crippen LogP contribution in [0.25, 0.3) is 10.8 Å². The molecule has 0 saturated carbocycles. The zero-order chi connectivity index (χ0) is 34.7. The summed E-state index contributed by atoms with van der Waals surface area (Å²) in [7, 11) is 0. The molecule has 2 heterocycles. The third kappa shape index (κ3) is 7.47. The van der Waals surface area contributed by atoms with E-state index in [0.717, 1.165) is 27.5 Å². The van der Waals surface area contributed by atoms with Crippen molar-refractivity contribution < 1.29 is 24.2 Å². The van der Waals surface area contributed by atoms with Crippen LogP contribution >= 0.6 is 23.2 Å². The molecule has 4 aromatic carbocycles. The number of halogens is 2. The van der Waals surface area contributed by atoms with Crippen molar-refractivity contribution in [1.82, 2.24) is 25.1 Å². The number of hydrogen-bond donors (Lipinski definition) is 2. The van der Waals surface area contributed by atoms with Crippen LogP contribution in [0.1, 0.15) is 30.5 Å². The predicted molar refractivity (Wildman–Crippen MR) is 189 cm³/mol. The van der Waals surface area contributed by atoms with Crippen LogP contribution in [0.4, 0.5) is 4.79 Å². The molecule has 0 unspecified atom stereocenters. The van der Waals surface area contributed by atoms with Gasteiger partial charge >= 0.3 is 6.03 Å². The first-order valence-electron chi connectivity index (χ1n) is 16.3. The quantitative estimate of drug-likeness (QED) is 0.215. The van der Waals surface area contributed by atoms with Crippen molar-refractivity contribution in [3.8, 4) is 5.75 Å². The average molecular weight is 705 g/mol. The number of ether oxygens (including phenoxy) is 1. The van der Waals surface area contributed by atoms with Crippen molar-refractivity contribution in [3.63, 3.8) is 0 Å². The van der Waals surface area contributed by atoms with E-state index in [-0.39, 0.29) is 63.2 Å². The van der Waals surface area contributed by atoms with E-state index in [4.69, 9.17) is 33.0 Å². The highest BCUT2D eigenvalue weighted by Crippen LogP contribution is 2.32. The zero-order valence-corrected chi connectivity index (χ0v) is 28.9. The van der Waals surface area contributed by atoms with Gasteiger partial charge in [0.1, 0.15) is 24.6 Å². The summed E-state index contributed by atoms with van der Waals surface area (Å²) >= 11 is 12.3. The SMILES string of the molecule is CC(C)N(C(=O)NCc1ccc(Cl)c(Cl)c1)N1CC(=O)N2[C@@H](Cc3ccc(OCCO)cc3)C(=O)N(Cc3cccc4ccccc34)C[C@@H]21. The first kappa shape index (κ1) is 34.5. The largest absolute Gasteiger partial charge is 0.491 e. The summed E-state index contributed by atoms with van der Waals surface area (Å²) in [6.07, 6.45) is -0.289. The fraction of sp³-hybridized carbons (Fsp3) is 0.324. The number of hydrogen-bond acceptors (Lipinski definition) is 6. The molecular formula is C37H39Cl2N5O5. The number of fused-ring (bicyclic) bond motifs is 2. The fourth-order valence-electron chi connectivity index (χ4n) is 6.66. The van der Waals surface area contributed by atoms with E-state index in [9.17, 15) is 14.4 Å². The summed E-state index contributed by atoms with van der Waals surface area (Å²) in [4.78, 5) is 45.5. The van der Waals surface area contributed by atoms with Gasteiger partial charge in [0.15, 0.2) is 0 Å². The number of carbonyl (C=O) groups excluding carboxylic acids is 3. The summed E-state index contributed by atoms with van der Waals surface area (Å²) in [5.41, 5.74) is 2.63. The van der Waals surface area contributed by atoms with Gasteiger partial charge in [0.25, 0.3) is 0 Å². The Morgan fingerprint density at radius 2 is 1.71 bits per heavy atom. The zero-order valence-electron chi connectivity index (χ0n) is 27.4. The number of rotatable bonds is 11. The molecule has 4 aromatic rings. The monoisotopic (exact) mass is 703 g/mol. The number of urea groups is 1. The fourth-order valence-corrected chi connectivity index (χ4v) is 6.99. The summed E-state index contributed by atoms with van der Waals surface area (Å²) < 4.78 is 5.52. The molecule has 2 saturated heterocycles. The molecule has 49 heavy (non-hydrogen) atoms. The number of carbonyl (C=O) groups is 3. The molecule has 2 N–H and O–H groups in total. The summed E-state index contributed by atoms with van der Waals surface area (Å²) in [5.74, 6) is 0.227. The van der Waals surface area contributed by atoms with E-state index in [1.54, 1.807) is 45.2 Å². The average Bonchev–Trinajstić information content (AvgIpc) is 3.41. The van der Waals surface area contributed by atoms with E-state index in [1.165, 1.54) is 0 Å². The van der Waals surface area contributed by atoms with Gasteiger partial charge < -0.3 is 25.0 Å². The van der Waals surface area contributed by atoms with Gasteiger partial charge in [-0.3, -0.25) is 14.6 Å². The topological polar surface area (TPSA) is 106 Å². The molecule has 2 atom stereocenters. The van der Waals surface area contributed by atoms with Crippen LogP contribution in [0.5, 0.6) is 5.75 Å². The van der Waals surface area contributed by atoms with Gasteiger partial charge in [0.2, 0.25) is 11.8 Å². The Labute approximate surface area is 295 Å². The highest BCUT2D eigenvalue weighted by Gasteiger charge is 2.52. The number of aliphatic hydroxyl groups is 1. The third-order valence-electron chi connectivity index (χ3n) is 8.92. The number of nitrogens with one attached hydrogen (secondary N) is 1. The normalized spacial score (nSPS) is 17.9. The molecule has 2 aliphatic heterocycles. The first-order chi connectivity index (χ1) is 23.6. The second-order valence-electron chi connectivity index (χ2n) is 12.5. The Kier molecular flexibility index (Phi) is 10.6. The van der Waals surface area contributed by atoms with Gasteiger partial charge in [0, 0.05) is 25.6 Å². The van der Waals surface area contributed by atoms with Crippen LogP contribution in [0.3, 0.4) is 0 Å². The Hall–Kier alpha value is -4.35. The van der Waals surface area contributed by atoms with Crippen molar-refractivity contribution in [1.29, 1.82) is 0 Å². The summed E-state index contributed by atoms with van der Waals surface area (Å²) in [6, 6.07) is 25.2. The molecule has 12 heteroatoms. The van der Waals surface area contributed by atoms with Crippen molar-refractivity contribution in [3.05, 3.63) is 112 Å². The molecule has 0 spiro atoms. The maximum Gasteiger partial charge on any atom is 0.332 e. The molecule has 6 rings (SSSR count). The highest BCUT2D eigenvalue weighted by atomic mass is 35.5. The van der Waals surface area contributed by atoms with Crippen LogP contribution in [-0.4, -0.2) is 87.3 Å². The van der Waals surface area contributed by atoms with Crippen molar-refractivity contribution in [2.75, 3.05) is 26.3 Å². The molecule has 0 bridgehead atoms. The molecular weight excluding hydrogens is 665 g/mol. The minimum Gasteiger partial charge on any atom is -0.491 e. The number of nitrogens with zero attached hydrogens (tertiary/aromatic N) is 4. The molecule has 256 valence electrons. The summed E-state index contributed by atoms with van der Waals surface area (Å²) in [6.45, 7) is 4.60. The molecule has 0 radical (unpaired) electrons. The Morgan fingerprint density at radius 3 is 2.45 bits per heavy atom. The number of amides is 4. The third-order valence-corrected chi connectivity index (χ3v) is 9.66. The van der Waals surface area contributed by atoms with E-state index in [0.29, 0.717) is 22.3 Å². The van der Waals surface area contributed by atoms with E-state index < -0.39 is 12.2 Å². The number of piperazine rings is 1. The van der Waals surface area contributed by atoms with Gasteiger partial charge in [-0.25, -0.2) is 4.79 Å². The molecule has 0 aliphatic carbocycles. The van der Waals surface area contributed by atoms with Crippen LogP contribution in [0.2, 0.25) is 10.0 Å². The van der Waals surface area contributed by atoms with Crippen molar-refractivity contribution in [2.45, 2.75) is 51.6 Å². The van der Waals surface area contributed by atoms with Crippen LogP contribution < -0.4 is 10.1 Å². The van der Waals surface area contributed by atoms with E-state index >= 15 is 0 Å². The van der Waals surface area contributed by atoms with Gasteiger partial charge in [-0.2, -0.15) is 5.01 Å². The summed E-state index contributed by atoms with van der Waals surface area (Å²) in [5, 5.41) is 18.4. The van der Waals surface area contributed by atoms with Gasteiger partial charge in [-0.05, 0) is 65.6 Å². The molecule has 10 nitrogen and oxygen atoms in total. The molecule has 2 fully saturated rings. The van der Waals surface area contributed by atoms with Gasteiger partial charge in [0.05, 0.1) is 29.7 Å². The van der Waals surface area contributed by atoms with E-state index in [2.05, 4.69) is 5.32 Å². The predicted octanol–water partition coefficient (Wildman–Crippen LogP) is 5.48. The van der Waals surface area contributed by atoms with Gasteiger partial charge in [-0.1, -0.05) is 83.9 Å². The lowest BCUT2D eigenvalue weighted by Crippen LogP contribution is -2.66. The maximum atomic E-state index is 14.4. The van der Waals surface area contributed by atoms with Crippen LogP contribution in [0, 0.1) is 0 Å². The number of aliphatic hydroxyl groups excluding tert-OH is 1. The standard InChI is InChI=1S/C37H39Cl2N5O5/c1-24(2)44(37(48)40-20-26-12-15-31(38)32(39)18-26)42-23-35(46)43-33(19-25-10-13-29(14-11-25)49-17-16-45)36(47)41(22-34(42)43)21-28-8-5-7-27-6-3-4-9-30(27)28/h3-15,18,24,33-34,45H,16-17,19-23H2,1-2H3,(H,40,48)/t33-,34+/m0/s1. The maximum absolute atomic E-state index is 14.4. The minimum atomic E-state index is -0.788. The lowest BCUT2D eigenvalue weighted by Gasteiger charge is -2.47. The van der Waals surface area contributed by atoms with Crippen molar-refractivity contribution in [2.24, 2.45) is 0 Å². The lowest BCUT2D eigenvalue weighted by atomic mass is 9.99. The van der Waals surface area contributed by atoms with Crippen LogP contribution in [0.15, 0.2) is 84.9 Å². The van der Waals surface area contributed by atoms with E-state index in [1.807, 2.05) is 73.3 Å². The minimum absolute atomic E-state index is 0.0527. The number of hydrazine groups is 1. The first-order valence-corrected chi connectivity index (χ1v) is 17.1.